The maximum atomic E-state index is 11.8. The summed E-state index contributed by atoms with van der Waals surface area (Å²) in [5.41, 5.74) is 3.81. The Kier molecular flexibility index (Phi) is 7.61. The first kappa shape index (κ1) is 20.8. The normalized spacial score (nSPS) is 16.0. The van der Waals surface area contributed by atoms with Gasteiger partial charge in [-0.05, 0) is 42.7 Å². The Morgan fingerprint density at radius 2 is 2.07 bits per heavy atom. The summed E-state index contributed by atoms with van der Waals surface area (Å²) in [6.45, 7) is 1.34. The molecule has 1 aliphatic rings. The van der Waals surface area contributed by atoms with Crippen molar-refractivity contribution in [2.75, 3.05) is 13.2 Å². The van der Waals surface area contributed by atoms with Crippen LogP contribution in [0, 0.1) is 0 Å². The summed E-state index contributed by atoms with van der Waals surface area (Å²) in [5, 5.41) is 7.04. The summed E-state index contributed by atoms with van der Waals surface area (Å²) >= 11 is 5.98. The van der Waals surface area contributed by atoms with E-state index < -0.39 is 11.8 Å². The van der Waals surface area contributed by atoms with Crippen molar-refractivity contribution < 1.29 is 19.1 Å². The molecule has 0 unspecified atom stereocenters. The van der Waals surface area contributed by atoms with Gasteiger partial charge in [-0.25, -0.2) is 5.43 Å². The van der Waals surface area contributed by atoms with Crippen LogP contribution in [0.1, 0.15) is 24.0 Å². The molecule has 1 atom stereocenters. The van der Waals surface area contributed by atoms with Crippen molar-refractivity contribution >= 4 is 29.6 Å². The molecule has 1 heterocycles. The molecule has 0 spiro atoms. The van der Waals surface area contributed by atoms with Gasteiger partial charge in [0.05, 0.1) is 12.3 Å². The molecule has 0 bridgehead atoms. The van der Waals surface area contributed by atoms with Crippen molar-refractivity contribution in [1.29, 1.82) is 0 Å². The van der Waals surface area contributed by atoms with Gasteiger partial charge < -0.3 is 14.8 Å². The predicted molar refractivity (Wildman–Crippen MR) is 110 cm³/mol. The number of hydrogen-bond acceptors (Lipinski definition) is 5. The van der Waals surface area contributed by atoms with Gasteiger partial charge in [0.2, 0.25) is 0 Å². The van der Waals surface area contributed by atoms with E-state index in [1.807, 2.05) is 30.3 Å². The van der Waals surface area contributed by atoms with Crippen LogP contribution in [0.25, 0.3) is 0 Å². The number of amides is 2. The zero-order valence-electron chi connectivity index (χ0n) is 15.8. The fourth-order valence-electron chi connectivity index (χ4n) is 2.81. The lowest BCUT2D eigenvalue weighted by Gasteiger charge is -2.10. The van der Waals surface area contributed by atoms with Crippen LogP contribution in [-0.4, -0.2) is 37.3 Å². The number of carbonyl (C=O) groups is 2. The second kappa shape index (κ2) is 10.6. The molecule has 1 fully saturated rings. The van der Waals surface area contributed by atoms with Gasteiger partial charge in [-0.1, -0.05) is 35.9 Å². The molecule has 3 rings (SSSR count). The Morgan fingerprint density at radius 1 is 1.21 bits per heavy atom. The molecule has 1 saturated heterocycles. The molecule has 1 aliphatic heterocycles. The van der Waals surface area contributed by atoms with Crippen LogP contribution in [0.5, 0.6) is 5.75 Å². The Labute approximate surface area is 174 Å². The van der Waals surface area contributed by atoms with E-state index >= 15 is 0 Å². The van der Waals surface area contributed by atoms with Gasteiger partial charge in [0.25, 0.3) is 0 Å². The van der Waals surface area contributed by atoms with E-state index in [1.54, 1.807) is 18.2 Å². The van der Waals surface area contributed by atoms with Crippen LogP contribution in [0.15, 0.2) is 53.6 Å². The van der Waals surface area contributed by atoms with E-state index in [9.17, 15) is 9.59 Å². The van der Waals surface area contributed by atoms with Gasteiger partial charge in [-0.15, -0.1) is 0 Å². The van der Waals surface area contributed by atoms with Crippen LogP contribution in [0.4, 0.5) is 0 Å². The maximum absolute atomic E-state index is 11.8. The average Bonchev–Trinajstić information content (AvgIpc) is 3.25. The Hall–Kier alpha value is -2.90. The molecular formula is C21H22ClN3O4. The van der Waals surface area contributed by atoms with Crippen molar-refractivity contribution in [2.45, 2.75) is 25.6 Å². The molecule has 0 aliphatic carbocycles. The van der Waals surface area contributed by atoms with Crippen molar-refractivity contribution in [3.05, 3.63) is 64.7 Å². The van der Waals surface area contributed by atoms with E-state index in [0.717, 1.165) is 18.4 Å². The number of nitrogens with one attached hydrogen (secondary N) is 2. The zero-order valence-corrected chi connectivity index (χ0v) is 16.5. The summed E-state index contributed by atoms with van der Waals surface area (Å²) in [5.74, 6) is -0.993. The minimum Gasteiger partial charge on any atom is -0.488 e. The number of hydrazone groups is 1. The van der Waals surface area contributed by atoms with Gasteiger partial charge in [0.1, 0.15) is 12.4 Å². The summed E-state index contributed by atoms with van der Waals surface area (Å²) in [4.78, 5) is 23.7. The molecule has 0 radical (unpaired) electrons. The van der Waals surface area contributed by atoms with Gasteiger partial charge in [-0.2, -0.15) is 5.10 Å². The molecular weight excluding hydrogens is 394 g/mol. The first-order valence-electron chi connectivity index (χ1n) is 9.31. The maximum Gasteiger partial charge on any atom is 0.329 e. The van der Waals surface area contributed by atoms with Crippen LogP contribution >= 0.6 is 11.6 Å². The highest BCUT2D eigenvalue weighted by molar-refractivity contribution is 6.35. The minimum atomic E-state index is -0.837. The Bertz CT molecular complexity index is 882. The van der Waals surface area contributed by atoms with Crippen LogP contribution < -0.4 is 15.5 Å². The average molecular weight is 416 g/mol. The largest absolute Gasteiger partial charge is 0.488 e. The molecule has 2 aromatic carbocycles. The molecule has 2 N–H and O–H groups in total. The number of carbonyl (C=O) groups excluding carboxylic acids is 2. The van der Waals surface area contributed by atoms with E-state index in [2.05, 4.69) is 15.8 Å². The lowest BCUT2D eigenvalue weighted by molar-refractivity contribution is -0.139. The summed E-state index contributed by atoms with van der Waals surface area (Å²) in [6, 6.07) is 14.6. The SMILES string of the molecule is O=C(NC[C@@H]1CCCO1)C(=O)N/N=C\c1ccccc1OCc1cccc(Cl)c1. The van der Waals surface area contributed by atoms with Crippen molar-refractivity contribution in [2.24, 2.45) is 5.10 Å². The predicted octanol–water partition coefficient (Wildman–Crippen LogP) is 2.66. The fraction of sp³-hybridized carbons (Fsp3) is 0.286. The monoisotopic (exact) mass is 415 g/mol. The fourth-order valence-corrected chi connectivity index (χ4v) is 3.02. The van der Waals surface area contributed by atoms with E-state index in [1.165, 1.54) is 6.21 Å². The first-order valence-corrected chi connectivity index (χ1v) is 9.69. The van der Waals surface area contributed by atoms with Crippen molar-refractivity contribution in [3.8, 4) is 5.75 Å². The number of benzene rings is 2. The molecule has 0 saturated carbocycles. The molecule has 2 aromatic rings. The van der Waals surface area contributed by atoms with E-state index in [4.69, 9.17) is 21.1 Å². The van der Waals surface area contributed by atoms with Gasteiger partial charge in [-0.3, -0.25) is 9.59 Å². The highest BCUT2D eigenvalue weighted by Gasteiger charge is 2.18. The third-order valence-corrected chi connectivity index (χ3v) is 4.53. The number of nitrogens with zero attached hydrogens (tertiary/aromatic N) is 1. The van der Waals surface area contributed by atoms with Crippen molar-refractivity contribution in [1.82, 2.24) is 10.7 Å². The highest BCUT2D eigenvalue weighted by Crippen LogP contribution is 2.19. The Balaban J connectivity index is 1.50. The van der Waals surface area contributed by atoms with Gasteiger partial charge in [0, 0.05) is 23.7 Å². The number of rotatable bonds is 7. The molecule has 152 valence electrons. The van der Waals surface area contributed by atoms with Crippen LogP contribution in [-0.2, 0) is 20.9 Å². The second-order valence-corrected chi connectivity index (χ2v) is 6.94. The van der Waals surface area contributed by atoms with Gasteiger partial charge >= 0.3 is 11.8 Å². The Morgan fingerprint density at radius 3 is 2.86 bits per heavy atom. The number of hydrogen-bond donors (Lipinski definition) is 2. The third-order valence-electron chi connectivity index (χ3n) is 4.29. The topological polar surface area (TPSA) is 89.0 Å². The smallest absolute Gasteiger partial charge is 0.329 e. The zero-order chi connectivity index (χ0) is 20.5. The van der Waals surface area contributed by atoms with E-state index in [0.29, 0.717) is 36.1 Å². The van der Waals surface area contributed by atoms with E-state index in [-0.39, 0.29) is 6.10 Å². The second-order valence-electron chi connectivity index (χ2n) is 6.50. The third kappa shape index (κ3) is 6.58. The molecule has 7 nitrogen and oxygen atoms in total. The molecule has 2 amide bonds. The summed E-state index contributed by atoms with van der Waals surface area (Å²) in [7, 11) is 0. The highest BCUT2D eigenvalue weighted by atomic mass is 35.5. The quantitative estimate of drug-likeness (QED) is 0.413. The number of ether oxygens (including phenoxy) is 2. The van der Waals surface area contributed by atoms with Gasteiger partial charge in [0.15, 0.2) is 0 Å². The molecule has 29 heavy (non-hydrogen) atoms. The lowest BCUT2D eigenvalue weighted by Crippen LogP contribution is -2.41. The minimum absolute atomic E-state index is 0.0289. The van der Waals surface area contributed by atoms with Crippen LogP contribution in [0.2, 0.25) is 5.02 Å². The standard InChI is InChI=1S/C21H22ClN3O4/c22-17-7-3-5-15(11-17)14-29-19-9-2-1-6-16(19)12-24-25-21(27)20(26)23-13-18-8-4-10-28-18/h1-3,5-7,9,11-12,18H,4,8,10,13-14H2,(H,23,26)(H,25,27)/b24-12-/t18-/m0/s1. The van der Waals surface area contributed by atoms with Crippen molar-refractivity contribution in [3.63, 3.8) is 0 Å². The van der Waals surface area contributed by atoms with Crippen LogP contribution in [0.3, 0.4) is 0 Å². The summed E-state index contributed by atoms with van der Waals surface area (Å²) in [6.07, 6.45) is 3.25. The number of halogens is 1. The molecule has 0 aromatic heterocycles. The summed E-state index contributed by atoms with van der Waals surface area (Å²) < 4.78 is 11.2. The first-order chi connectivity index (χ1) is 14.1. The molecule has 8 heteroatoms. The number of para-hydroxylation sites is 1. The lowest BCUT2D eigenvalue weighted by atomic mass is 10.2.